The van der Waals surface area contributed by atoms with Gasteiger partial charge in [-0.2, -0.15) is 0 Å². The highest BCUT2D eigenvalue weighted by Gasteiger charge is 2.27. The minimum absolute atomic E-state index is 0.146. The number of carbonyl (C=O) groups excluding carboxylic acids is 1. The van der Waals surface area contributed by atoms with E-state index in [1.165, 1.54) is 0 Å². The number of ketones is 1. The summed E-state index contributed by atoms with van der Waals surface area (Å²) in [5.74, 6) is 2.01. The van der Waals surface area contributed by atoms with Gasteiger partial charge in [-0.05, 0) is 53.6 Å². The number of methoxy groups -OCH3 is 1. The molecule has 0 atom stereocenters. The average molecular weight is 393 g/mol. The molecule has 0 fully saturated rings. The Morgan fingerprint density at radius 2 is 1.79 bits per heavy atom. The van der Waals surface area contributed by atoms with Crippen molar-refractivity contribution in [2.45, 2.75) is 6.61 Å². The Bertz CT molecular complexity index is 1050. The highest BCUT2D eigenvalue weighted by Crippen LogP contribution is 2.35. The Balaban J connectivity index is 1.49. The lowest BCUT2D eigenvalue weighted by atomic mass is 10.1. The van der Waals surface area contributed by atoms with Crippen LogP contribution in [0.25, 0.3) is 6.08 Å². The maximum atomic E-state index is 12.6. The van der Waals surface area contributed by atoms with Crippen molar-refractivity contribution >= 4 is 23.5 Å². The van der Waals surface area contributed by atoms with E-state index in [1.807, 2.05) is 48.5 Å². The van der Waals surface area contributed by atoms with Crippen LogP contribution in [0.4, 0.5) is 0 Å². The van der Waals surface area contributed by atoms with E-state index in [2.05, 4.69) is 0 Å². The zero-order valence-corrected chi connectivity index (χ0v) is 15.9. The molecule has 0 spiro atoms. The molecule has 0 saturated heterocycles. The van der Waals surface area contributed by atoms with E-state index in [1.54, 1.807) is 31.4 Å². The summed E-state index contributed by atoms with van der Waals surface area (Å²) in [7, 11) is 1.61. The minimum Gasteiger partial charge on any atom is -0.497 e. The summed E-state index contributed by atoms with van der Waals surface area (Å²) in [5, 5.41) is 0.664. The fraction of sp³-hybridized carbons (Fsp3) is 0.0870. The number of halogens is 1. The summed E-state index contributed by atoms with van der Waals surface area (Å²) in [6.07, 6.45) is 1.72. The van der Waals surface area contributed by atoms with Gasteiger partial charge < -0.3 is 14.2 Å². The van der Waals surface area contributed by atoms with Gasteiger partial charge in [0, 0.05) is 11.1 Å². The Hall–Kier alpha value is -3.24. The Kier molecular flexibility index (Phi) is 5.04. The number of rotatable bonds is 5. The van der Waals surface area contributed by atoms with Crippen molar-refractivity contribution in [3.8, 4) is 17.2 Å². The van der Waals surface area contributed by atoms with Crippen molar-refractivity contribution in [1.82, 2.24) is 0 Å². The highest BCUT2D eigenvalue weighted by atomic mass is 35.5. The first kappa shape index (κ1) is 18.1. The smallest absolute Gasteiger partial charge is 0.231 e. The third-order valence-electron chi connectivity index (χ3n) is 4.35. The molecule has 140 valence electrons. The van der Waals surface area contributed by atoms with Gasteiger partial charge in [0.05, 0.1) is 12.7 Å². The molecule has 5 heteroatoms. The number of ether oxygens (including phenoxy) is 3. The average Bonchev–Trinajstić information content (AvgIpc) is 3.02. The monoisotopic (exact) mass is 392 g/mol. The van der Waals surface area contributed by atoms with Crippen LogP contribution in [0.3, 0.4) is 0 Å². The largest absolute Gasteiger partial charge is 0.497 e. The number of hydrogen-bond acceptors (Lipinski definition) is 4. The number of carbonyl (C=O) groups is 1. The predicted octanol–water partition coefficient (Wildman–Crippen LogP) is 5.54. The standard InChI is InChI=1S/C23H17ClO4/c1-26-18-7-5-15(6-8-18)12-22-23(25)20-10-9-19(13-21(20)28-22)27-14-16-3-2-4-17(24)11-16/h2-13H,14H2,1H3. The zero-order chi connectivity index (χ0) is 19.5. The second kappa shape index (κ2) is 7.79. The number of Topliss-reactive ketones (excluding diaryl/α,β-unsaturated/α-hetero) is 1. The molecule has 0 radical (unpaired) electrons. The maximum absolute atomic E-state index is 12.6. The summed E-state index contributed by atoms with van der Waals surface area (Å²) in [6, 6.07) is 20.1. The van der Waals surface area contributed by atoms with Gasteiger partial charge in [0.2, 0.25) is 5.78 Å². The second-order valence-electron chi connectivity index (χ2n) is 6.29. The molecule has 1 heterocycles. The lowest BCUT2D eigenvalue weighted by Crippen LogP contribution is -1.98. The molecule has 1 aliphatic heterocycles. The SMILES string of the molecule is COc1ccc(C=C2Oc3cc(OCc4cccc(Cl)c4)ccc3C2=O)cc1. The maximum Gasteiger partial charge on any atom is 0.231 e. The first-order valence-electron chi connectivity index (χ1n) is 8.72. The van der Waals surface area contributed by atoms with Crippen LogP contribution in [-0.4, -0.2) is 12.9 Å². The van der Waals surface area contributed by atoms with Crippen LogP contribution in [0.1, 0.15) is 21.5 Å². The first-order valence-corrected chi connectivity index (χ1v) is 9.10. The quantitative estimate of drug-likeness (QED) is 0.534. The molecule has 0 amide bonds. The molecule has 3 aromatic carbocycles. The van der Waals surface area contributed by atoms with Crippen LogP contribution < -0.4 is 14.2 Å². The topological polar surface area (TPSA) is 44.8 Å². The molecule has 0 aliphatic carbocycles. The van der Waals surface area contributed by atoms with E-state index in [9.17, 15) is 4.79 Å². The summed E-state index contributed by atoms with van der Waals surface area (Å²) < 4.78 is 16.7. The van der Waals surface area contributed by atoms with Crippen molar-refractivity contribution in [3.05, 3.63) is 94.2 Å². The molecule has 0 saturated carbocycles. The number of benzene rings is 3. The van der Waals surface area contributed by atoms with E-state index < -0.39 is 0 Å². The lowest BCUT2D eigenvalue weighted by Gasteiger charge is -2.07. The Labute approximate surface area is 167 Å². The van der Waals surface area contributed by atoms with Gasteiger partial charge in [0.25, 0.3) is 0 Å². The first-order chi connectivity index (χ1) is 13.6. The summed E-state index contributed by atoms with van der Waals surface area (Å²) >= 11 is 5.99. The van der Waals surface area contributed by atoms with Crippen LogP contribution >= 0.6 is 11.6 Å². The van der Waals surface area contributed by atoms with E-state index in [4.69, 9.17) is 25.8 Å². The highest BCUT2D eigenvalue weighted by molar-refractivity contribution is 6.30. The normalized spacial score (nSPS) is 13.9. The second-order valence-corrected chi connectivity index (χ2v) is 6.73. The summed E-state index contributed by atoms with van der Waals surface area (Å²) in [6.45, 7) is 0.377. The van der Waals surface area contributed by atoms with E-state index in [0.717, 1.165) is 16.9 Å². The molecule has 0 N–H and O–H groups in total. The summed E-state index contributed by atoms with van der Waals surface area (Å²) in [4.78, 5) is 12.6. The molecule has 3 aromatic rings. The fourth-order valence-electron chi connectivity index (χ4n) is 2.90. The van der Waals surface area contributed by atoms with Crippen LogP contribution in [0.5, 0.6) is 17.2 Å². The van der Waals surface area contributed by atoms with Crippen molar-refractivity contribution in [3.63, 3.8) is 0 Å². The zero-order valence-electron chi connectivity index (χ0n) is 15.1. The van der Waals surface area contributed by atoms with Gasteiger partial charge >= 0.3 is 0 Å². The van der Waals surface area contributed by atoms with Crippen LogP contribution in [0.2, 0.25) is 5.02 Å². The Morgan fingerprint density at radius 1 is 1.00 bits per heavy atom. The molecular weight excluding hydrogens is 376 g/mol. The molecule has 0 aromatic heterocycles. The van der Waals surface area contributed by atoms with E-state index in [0.29, 0.717) is 28.7 Å². The summed E-state index contributed by atoms with van der Waals surface area (Å²) in [5.41, 5.74) is 2.34. The van der Waals surface area contributed by atoms with Crippen molar-refractivity contribution in [2.75, 3.05) is 7.11 Å². The molecule has 4 nitrogen and oxygen atoms in total. The van der Waals surface area contributed by atoms with E-state index in [-0.39, 0.29) is 11.5 Å². The van der Waals surface area contributed by atoms with Crippen LogP contribution in [-0.2, 0) is 6.61 Å². The fourth-order valence-corrected chi connectivity index (χ4v) is 3.11. The third kappa shape index (κ3) is 3.87. The molecule has 0 bridgehead atoms. The van der Waals surface area contributed by atoms with E-state index >= 15 is 0 Å². The van der Waals surface area contributed by atoms with Gasteiger partial charge in [0.1, 0.15) is 23.9 Å². The molecular formula is C23H17ClO4. The van der Waals surface area contributed by atoms with Gasteiger partial charge in [0.15, 0.2) is 5.76 Å². The van der Waals surface area contributed by atoms with Gasteiger partial charge in [-0.15, -0.1) is 0 Å². The van der Waals surface area contributed by atoms with Gasteiger partial charge in [-0.1, -0.05) is 35.9 Å². The number of hydrogen-bond donors (Lipinski definition) is 0. The van der Waals surface area contributed by atoms with Gasteiger partial charge in [-0.3, -0.25) is 4.79 Å². The predicted molar refractivity (Wildman–Crippen MR) is 108 cm³/mol. The molecule has 4 rings (SSSR count). The molecule has 0 unspecified atom stereocenters. The minimum atomic E-state index is -0.146. The Morgan fingerprint density at radius 3 is 2.54 bits per heavy atom. The van der Waals surface area contributed by atoms with Crippen molar-refractivity contribution in [1.29, 1.82) is 0 Å². The third-order valence-corrected chi connectivity index (χ3v) is 4.58. The van der Waals surface area contributed by atoms with Crippen molar-refractivity contribution in [2.24, 2.45) is 0 Å². The van der Waals surface area contributed by atoms with Crippen molar-refractivity contribution < 1.29 is 19.0 Å². The lowest BCUT2D eigenvalue weighted by molar-refractivity contribution is 0.101. The van der Waals surface area contributed by atoms with Crippen LogP contribution in [0, 0.1) is 0 Å². The number of fused-ring (bicyclic) bond motifs is 1. The number of allylic oxidation sites excluding steroid dienone is 1. The molecule has 28 heavy (non-hydrogen) atoms. The van der Waals surface area contributed by atoms with Gasteiger partial charge in [-0.25, -0.2) is 0 Å². The van der Waals surface area contributed by atoms with Crippen LogP contribution in [0.15, 0.2) is 72.5 Å². The molecule has 1 aliphatic rings.